The number of thiocarbonyl (C=S) groups is 1. The zero-order valence-electron chi connectivity index (χ0n) is 9.99. The molecule has 0 saturated carbocycles. The van der Waals surface area contributed by atoms with Crippen LogP contribution in [0.5, 0.6) is 0 Å². The van der Waals surface area contributed by atoms with Gasteiger partial charge in [-0.2, -0.15) is 0 Å². The van der Waals surface area contributed by atoms with Crippen LogP contribution in [0, 0.1) is 5.92 Å². The Kier molecular flexibility index (Phi) is 5.86. The van der Waals surface area contributed by atoms with Crippen molar-refractivity contribution in [1.82, 2.24) is 5.32 Å². The summed E-state index contributed by atoms with van der Waals surface area (Å²) < 4.78 is 0. The molecule has 0 spiro atoms. The van der Waals surface area contributed by atoms with Gasteiger partial charge in [0, 0.05) is 12.2 Å². The Morgan fingerprint density at radius 1 is 1.25 bits per heavy atom. The molecule has 0 aromatic heterocycles. The first-order chi connectivity index (χ1) is 7.68. The zero-order chi connectivity index (χ0) is 11.8. The van der Waals surface area contributed by atoms with Gasteiger partial charge in [0.15, 0.2) is 5.11 Å². The van der Waals surface area contributed by atoms with Crippen molar-refractivity contribution in [3.05, 3.63) is 30.3 Å². The quantitative estimate of drug-likeness (QED) is 0.605. The molecule has 0 aliphatic heterocycles. The van der Waals surface area contributed by atoms with Gasteiger partial charge in [-0.1, -0.05) is 32.0 Å². The molecule has 2 N–H and O–H groups in total. The molecular weight excluding hydrogens is 216 g/mol. The van der Waals surface area contributed by atoms with Crippen LogP contribution < -0.4 is 10.6 Å². The molecule has 0 aliphatic rings. The molecule has 3 heteroatoms. The average Bonchev–Trinajstić information content (AvgIpc) is 2.25. The Morgan fingerprint density at radius 2 is 1.94 bits per heavy atom. The van der Waals surface area contributed by atoms with Gasteiger partial charge in [-0.15, -0.1) is 0 Å². The molecule has 0 heterocycles. The molecule has 0 atom stereocenters. The maximum Gasteiger partial charge on any atom is 0.170 e. The van der Waals surface area contributed by atoms with E-state index in [2.05, 4.69) is 24.5 Å². The predicted octanol–water partition coefficient (Wildman–Crippen LogP) is 3.41. The van der Waals surface area contributed by atoms with Crippen molar-refractivity contribution < 1.29 is 0 Å². The summed E-state index contributed by atoms with van der Waals surface area (Å²) in [4.78, 5) is 0. The maximum absolute atomic E-state index is 5.19. The number of hydrogen-bond donors (Lipinski definition) is 2. The Labute approximate surface area is 103 Å². The minimum atomic E-state index is 0.704. The average molecular weight is 236 g/mol. The number of anilines is 1. The number of para-hydroxylation sites is 1. The van der Waals surface area contributed by atoms with E-state index >= 15 is 0 Å². The second-order valence-electron chi connectivity index (χ2n) is 4.28. The largest absolute Gasteiger partial charge is 0.362 e. The van der Waals surface area contributed by atoms with Gasteiger partial charge in [0.25, 0.3) is 0 Å². The zero-order valence-corrected chi connectivity index (χ0v) is 10.8. The summed E-state index contributed by atoms with van der Waals surface area (Å²) >= 11 is 5.19. The Hall–Kier alpha value is -1.09. The van der Waals surface area contributed by atoms with Gasteiger partial charge >= 0.3 is 0 Å². The topological polar surface area (TPSA) is 24.1 Å². The van der Waals surface area contributed by atoms with E-state index in [0.29, 0.717) is 5.11 Å². The summed E-state index contributed by atoms with van der Waals surface area (Å²) in [5.74, 6) is 0.762. The fourth-order valence-electron chi connectivity index (χ4n) is 1.41. The van der Waals surface area contributed by atoms with Gasteiger partial charge in [0.1, 0.15) is 0 Å². The van der Waals surface area contributed by atoms with E-state index in [-0.39, 0.29) is 0 Å². The highest BCUT2D eigenvalue weighted by Gasteiger charge is 1.97. The molecule has 0 radical (unpaired) electrons. The molecule has 0 bridgehead atoms. The van der Waals surface area contributed by atoms with E-state index in [1.165, 1.54) is 6.42 Å². The molecule has 1 aromatic rings. The van der Waals surface area contributed by atoms with Crippen molar-refractivity contribution in [1.29, 1.82) is 0 Å². The number of hydrogen-bond acceptors (Lipinski definition) is 1. The van der Waals surface area contributed by atoms with Crippen molar-refractivity contribution in [2.75, 3.05) is 11.9 Å². The standard InChI is InChI=1S/C13H20N2S/c1-11(2)7-6-10-14-13(16)15-12-8-4-3-5-9-12/h3-5,8-9,11H,6-7,10H2,1-2H3,(H2,14,15,16). The highest BCUT2D eigenvalue weighted by molar-refractivity contribution is 7.80. The fraction of sp³-hybridized carbons (Fsp3) is 0.462. The van der Waals surface area contributed by atoms with Gasteiger partial charge in [0.05, 0.1) is 0 Å². The molecule has 0 unspecified atom stereocenters. The first-order valence-electron chi connectivity index (χ1n) is 5.78. The molecule has 0 fully saturated rings. The Bertz CT molecular complexity index is 309. The lowest BCUT2D eigenvalue weighted by atomic mass is 10.1. The normalized spacial score (nSPS) is 10.2. The second kappa shape index (κ2) is 7.23. The highest BCUT2D eigenvalue weighted by atomic mass is 32.1. The number of benzene rings is 1. The van der Waals surface area contributed by atoms with Crippen LogP contribution >= 0.6 is 12.2 Å². The summed E-state index contributed by atoms with van der Waals surface area (Å²) in [5.41, 5.74) is 1.03. The lowest BCUT2D eigenvalue weighted by Crippen LogP contribution is -2.29. The molecule has 1 aromatic carbocycles. The summed E-state index contributed by atoms with van der Waals surface area (Å²) in [6.45, 7) is 5.41. The van der Waals surface area contributed by atoms with Crippen LogP contribution in [0.2, 0.25) is 0 Å². The first-order valence-corrected chi connectivity index (χ1v) is 6.19. The van der Waals surface area contributed by atoms with Crippen molar-refractivity contribution in [2.45, 2.75) is 26.7 Å². The molecule has 2 nitrogen and oxygen atoms in total. The van der Waals surface area contributed by atoms with Crippen molar-refractivity contribution in [2.24, 2.45) is 5.92 Å². The Balaban J connectivity index is 2.17. The van der Waals surface area contributed by atoms with Crippen molar-refractivity contribution >= 4 is 23.0 Å². The van der Waals surface area contributed by atoms with Crippen LogP contribution in [-0.4, -0.2) is 11.7 Å². The molecule has 0 aliphatic carbocycles. The molecule has 16 heavy (non-hydrogen) atoms. The number of nitrogens with one attached hydrogen (secondary N) is 2. The maximum atomic E-state index is 5.19. The van der Waals surface area contributed by atoms with Crippen molar-refractivity contribution in [3.63, 3.8) is 0 Å². The lowest BCUT2D eigenvalue weighted by Gasteiger charge is -2.10. The second-order valence-corrected chi connectivity index (χ2v) is 4.69. The van der Waals surface area contributed by atoms with Crippen LogP contribution in [0.1, 0.15) is 26.7 Å². The van der Waals surface area contributed by atoms with E-state index in [1.807, 2.05) is 30.3 Å². The fourth-order valence-corrected chi connectivity index (χ4v) is 1.63. The van der Waals surface area contributed by atoms with Crippen LogP contribution in [0.3, 0.4) is 0 Å². The molecule has 1 rings (SSSR count). The minimum absolute atomic E-state index is 0.704. The number of rotatable bonds is 5. The lowest BCUT2D eigenvalue weighted by molar-refractivity contribution is 0.552. The van der Waals surface area contributed by atoms with Gasteiger partial charge < -0.3 is 10.6 Å². The minimum Gasteiger partial charge on any atom is -0.362 e. The highest BCUT2D eigenvalue weighted by Crippen LogP contribution is 2.05. The van der Waals surface area contributed by atoms with Crippen molar-refractivity contribution in [3.8, 4) is 0 Å². The molecular formula is C13H20N2S. The molecule has 0 saturated heterocycles. The predicted molar refractivity (Wildman–Crippen MR) is 74.7 cm³/mol. The summed E-state index contributed by atoms with van der Waals surface area (Å²) in [6, 6.07) is 9.97. The third-order valence-corrected chi connectivity index (χ3v) is 2.52. The van der Waals surface area contributed by atoms with Crippen LogP contribution in [-0.2, 0) is 0 Å². The molecule has 88 valence electrons. The SMILES string of the molecule is CC(C)CCCNC(=S)Nc1ccccc1. The van der Waals surface area contributed by atoms with E-state index in [1.54, 1.807) is 0 Å². The van der Waals surface area contributed by atoms with Gasteiger partial charge in [-0.25, -0.2) is 0 Å². The monoisotopic (exact) mass is 236 g/mol. The van der Waals surface area contributed by atoms with Gasteiger partial charge in [0.2, 0.25) is 0 Å². The van der Waals surface area contributed by atoms with E-state index in [9.17, 15) is 0 Å². The Morgan fingerprint density at radius 3 is 2.56 bits per heavy atom. The van der Waals surface area contributed by atoms with E-state index < -0.39 is 0 Å². The first kappa shape index (κ1) is 13.0. The smallest absolute Gasteiger partial charge is 0.170 e. The summed E-state index contributed by atoms with van der Waals surface area (Å²) in [7, 11) is 0. The van der Waals surface area contributed by atoms with Crippen LogP contribution in [0.25, 0.3) is 0 Å². The molecule has 0 amide bonds. The van der Waals surface area contributed by atoms with Gasteiger partial charge in [-0.3, -0.25) is 0 Å². The third-order valence-electron chi connectivity index (χ3n) is 2.28. The summed E-state index contributed by atoms with van der Waals surface area (Å²) in [5, 5.41) is 7.06. The van der Waals surface area contributed by atoms with Crippen LogP contribution in [0.4, 0.5) is 5.69 Å². The van der Waals surface area contributed by atoms with E-state index in [4.69, 9.17) is 12.2 Å². The van der Waals surface area contributed by atoms with Gasteiger partial charge in [-0.05, 0) is 43.1 Å². The van der Waals surface area contributed by atoms with Crippen LogP contribution in [0.15, 0.2) is 30.3 Å². The van der Waals surface area contributed by atoms with E-state index in [0.717, 1.165) is 24.6 Å². The summed E-state index contributed by atoms with van der Waals surface area (Å²) in [6.07, 6.45) is 2.40. The third kappa shape index (κ3) is 5.71.